The summed E-state index contributed by atoms with van der Waals surface area (Å²) in [6.07, 6.45) is 2.32. The largest absolute Gasteiger partial charge is 0.343 e. The van der Waals surface area contributed by atoms with Gasteiger partial charge >= 0.3 is 0 Å². The van der Waals surface area contributed by atoms with E-state index in [1.165, 1.54) is 0 Å². The molecule has 2 unspecified atom stereocenters. The highest BCUT2D eigenvalue weighted by molar-refractivity contribution is 7.91. The summed E-state index contributed by atoms with van der Waals surface area (Å²) in [4.78, 5) is 25.8. The lowest BCUT2D eigenvalue weighted by molar-refractivity contribution is -0.149. The standard InChI is InChI=1S/C13H22N2O4S/c1-3-20(18,19)8-4-7-15-11(10-5-6-10)12(16)14-9(2)13(15)17/h9-11H,3-8H2,1-2H3,(H,14,16). The summed E-state index contributed by atoms with van der Waals surface area (Å²) in [5, 5.41) is 2.70. The Morgan fingerprint density at radius 2 is 1.95 bits per heavy atom. The summed E-state index contributed by atoms with van der Waals surface area (Å²) in [5.74, 6) is 0.229. The third-order valence-corrected chi connectivity index (χ3v) is 5.77. The Balaban J connectivity index is 2.01. The summed E-state index contributed by atoms with van der Waals surface area (Å²) < 4.78 is 23.0. The molecule has 20 heavy (non-hydrogen) atoms. The van der Waals surface area contributed by atoms with E-state index in [4.69, 9.17) is 0 Å². The molecule has 1 N–H and O–H groups in total. The van der Waals surface area contributed by atoms with Crippen molar-refractivity contribution >= 4 is 21.7 Å². The molecule has 0 aromatic carbocycles. The van der Waals surface area contributed by atoms with Crippen LogP contribution in [0.1, 0.15) is 33.1 Å². The third-order valence-electron chi connectivity index (χ3n) is 3.98. The number of sulfone groups is 1. The van der Waals surface area contributed by atoms with Crippen molar-refractivity contribution < 1.29 is 18.0 Å². The summed E-state index contributed by atoms with van der Waals surface area (Å²) in [6.45, 7) is 3.63. The van der Waals surface area contributed by atoms with E-state index in [2.05, 4.69) is 5.32 Å². The number of hydrogen-bond acceptors (Lipinski definition) is 4. The number of carbonyl (C=O) groups is 2. The van der Waals surface area contributed by atoms with Crippen LogP contribution in [0.4, 0.5) is 0 Å². The van der Waals surface area contributed by atoms with Crippen LogP contribution >= 0.6 is 0 Å². The Morgan fingerprint density at radius 3 is 2.50 bits per heavy atom. The lowest BCUT2D eigenvalue weighted by Gasteiger charge is -2.38. The molecule has 2 rings (SSSR count). The maximum atomic E-state index is 12.2. The molecule has 2 amide bonds. The van der Waals surface area contributed by atoms with Crippen LogP contribution in [0.3, 0.4) is 0 Å². The van der Waals surface area contributed by atoms with E-state index in [0.29, 0.717) is 13.0 Å². The van der Waals surface area contributed by atoms with E-state index < -0.39 is 21.9 Å². The predicted molar refractivity (Wildman–Crippen MR) is 74.8 cm³/mol. The van der Waals surface area contributed by atoms with Gasteiger partial charge in [0.25, 0.3) is 0 Å². The Kier molecular flexibility index (Phi) is 4.36. The highest BCUT2D eigenvalue weighted by atomic mass is 32.2. The minimum Gasteiger partial charge on any atom is -0.343 e. The molecule has 1 aliphatic heterocycles. The molecule has 1 aliphatic carbocycles. The summed E-state index contributed by atoms with van der Waals surface area (Å²) in [7, 11) is -3.03. The lowest BCUT2D eigenvalue weighted by atomic mass is 10.0. The summed E-state index contributed by atoms with van der Waals surface area (Å²) in [6, 6.07) is -0.914. The molecule has 0 aromatic heterocycles. The zero-order chi connectivity index (χ0) is 14.9. The van der Waals surface area contributed by atoms with Gasteiger partial charge in [-0.15, -0.1) is 0 Å². The molecule has 7 heteroatoms. The van der Waals surface area contributed by atoms with Crippen LogP contribution in [0, 0.1) is 5.92 Å². The second kappa shape index (κ2) is 5.71. The van der Waals surface area contributed by atoms with Gasteiger partial charge < -0.3 is 10.2 Å². The number of nitrogens with one attached hydrogen (secondary N) is 1. The second-order valence-electron chi connectivity index (χ2n) is 5.63. The Hall–Kier alpha value is -1.11. The van der Waals surface area contributed by atoms with Crippen molar-refractivity contribution in [1.82, 2.24) is 10.2 Å². The average molecular weight is 302 g/mol. The van der Waals surface area contributed by atoms with Crippen LogP contribution in [0.5, 0.6) is 0 Å². The van der Waals surface area contributed by atoms with Crippen LogP contribution in [0.15, 0.2) is 0 Å². The maximum absolute atomic E-state index is 12.2. The monoisotopic (exact) mass is 302 g/mol. The molecule has 114 valence electrons. The van der Waals surface area contributed by atoms with E-state index in [9.17, 15) is 18.0 Å². The van der Waals surface area contributed by atoms with Gasteiger partial charge in [-0.2, -0.15) is 0 Å². The third kappa shape index (κ3) is 3.31. The van der Waals surface area contributed by atoms with Crippen LogP contribution in [0.25, 0.3) is 0 Å². The van der Waals surface area contributed by atoms with Gasteiger partial charge in [0, 0.05) is 12.3 Å². The predicted octanol–water partition coefficient (Wildman–Crippen LogP) is -0.0633. The fourth-order valence-electron chi connectivity index (χ4n) is 2.62. The SMILES string of the molecule is CCS(=O)(=O)CCCN1C(=O)C(C)NC(=O)C1C1CC1. The van der Waals surface area contributed by atoms with Gasteiger partial charge in [-0.25, -0.2) is 8.42 Å². The normalized spacial score (nSPS) is 27.6. The average Bonchev–Trinajstić information content (AvgIpc) is 3.19. The minimum absolute atomic E-state index is 0.0701. The van der Waals surface area contributed by atoms with E-state index in [1.807, 2.05) is 0 Å². The summed E-state index contributed by atoms with van der Waals surface area (Å²) >= 11 is 0. The zero-order valence-corrected chi connectivity index (χ0v) is 12.8. The molecule has 2 atom stereocenters. The molecule has 0 bridgehead atoms. The molecule has 6 nitrogen and oxygen atoms in total. The highest BCUT2D eigenvalue weighted by Gasteiger charge is 2.46. The van der Waals surface area contributed by atoms with Crippen LogP contribution < -0.4 is 5.32 Å². The lowest BCUT2D eigenvalue weighted by Crippen LogP contribution is -2.63. The van der Waals surface area contributed by atoms with Crippen molar-refractivity contribution in [3.8, 4) is 0 Å². The Labute approximate surface area is 119 Å². The molecule has 0 aromatic rings. The van der Waals surface area contributed by atoms with E-state index in [-0.39, 0.29) is 29.2 Å². The quantitative estimate of drug-likeness (QED) is 0.745. The van der Waals surface area contributed by atoms with Crippen molar-refractivity contribution in [3.63, 3.8) is 0 Å². The molecule has 1 saturated heterocycles. The van der Waals surface area contributed by atoms with E-state index in [1.54, 1.807) is 18.7 Å². The Morgan fingerprint density at radius 1 is 1.30 bits per heavy atom. The van der Waals surface area contributed by atoms with Gasteiger partial charge in [-0.3, -0.25) is 9.59 Å². The van der Waals surface area contributed by atoms with Gasteiger partial charge in [0.2, 0.25) is 11.8 Å². The smallest absolute Gasteiger partial charge is 0.245 e. The fraction of sp³-hybridized carbons (Fsp3) is 0.846. The molecular formula is C13H22N2O4S. The molecule has 1 saturated carbocycles. The molecule has 0 radical (unpaired) electrons. The minimum atomic E-state index is -3.03. The van der Waals surface area contributed by atoms with Crippen molar-refractivity contribution in [3.05, 3.63) is 0 Å². The number of amides is 2. The number of piperazine rings is 1. The van der Waals surface area contributed by atoms with Crippen LogP contribution in [-0.2, 0) is 19.4 Å². The van der Waals surface area contributed by atoms with Crippen LogP contribution in [0.2, 0.25) is 0 Å². The molecule has 0 spiro atoms. The molecular weight excluding hydrogens is 280 g/mol. The zero-order valence-electron chi connectivity index (χ0n) is 12.0. The highest BCUT2D eigenvalue weighted by Crippen LogP contribution is 2.37. The van der Waals surface area contributed by atoms with Gasteiger partial charge in [-0.05, 0) is 32.1 Å². The molecule has 1 heterocycles. The number of rotatable bonds is 6. The van der Waals surface area contributed by atoms with Crippen molar-refractivity contribution in [2.45, 2.75) is 45.2 Å². The Bertz CT molecular complexity index is 499. The van der Waals surface area contributed by atoms with Crippen molar-refractivity contribution in [2.24, 2.45) is 5.92 Å². The van der Waals surface area contributed by atoms with E-state index in [0.717, 1.165) is 12.8 Å². The van der Waals surface area contributed by atoms with E-state index >= 15 is 0 Å². The topological polar surface area (TPSA) is 83.6 Å². The second-order valence-corrected chi connectivity index (χ2v) is 8.11. The first kappa shape index (κ1) is 15.3. The fourth-order valence-corrected chi connectivity index (χ4v) is 3.47. The number of hydrogen-bond donors (Lipinski definition) is 1. The molecule has 2 fully saturated rings. The van der Waals surface area contributed by atoms with Gasteiger partial charge in [-0.1, -0.05) is 6.92 Å². The maximum Gasteiger partial charge on any atom is 0.245 e. The van der Waals surface area contributed by atoms with Crippen molar-refractivity contribution in [1.29, 1.82) is 0 Å². The van der Waals surface area contributed by atoms with Gasteiger partial charge in [0.1, 0.15) is 21.9 Å². The summed E-state index contributed by atoms with van der Waals surface area (Å²) in [5.41, 5.74) is 0. The first-order valence-corrected chi connectivity index (χ1v) is 8.99. The van der Waals surface area contributed by atoms with Gasteiger partial charge in [0.05, 0.1) is 5.75 Å². The number of carbonyl (C=O) groups excluding carboxylic acids is 2. The molecule has 2 aliphatic rings. The first-order valence-electron chi connectivity index (χ1n) is 7.17. The number of nitrogens with zero attached hydrogens (tertiary/aromatic N) is 1. The first-order chi connectivity index (χ1) is 9.35. The van der Waals surface area contributed by atoms with Crippen molar-refractivity contribution in [2.75, 3.05) is 18.1 Å². The van der Waals surface area contributed by atoms with Gasteiger partial charge in [0.15, 0.2) is 0 Å². The van der Waals surface area contributed by atoms with Crippen LogP contribution in [-0.4, -0.2) is 55.3 Å².